The van der Waals surface area contributed by atoms with Crippen molar-refractivity contribution in [2.24, 2.45) is 0 Å². The van der Waals surface area contributed by atoms with Gasteiger partial charge in [0.25, 0.3) is 5.91 Å². The van der Waals surface area contributed by atoms with Gasteiger partial charge in [-0.1, -0.05) is 6.07 Å². The minimum absolute atomic E-state index is 0.0746. The van der Waals surface area contributed by atoms with Gasteiger partial charge in [0.2, 0.25) is 0 Å². The van der Waals surface area contributed by atoms with Crippen LogP contribution in [0.5, 0.6) is 5.75 Å². The first-order valence-corrected chi connectivity index (χ1v) is 5.63. The highest BCUT2D eigenvalue weighted by Gasteiger charge is 2.06. The highest BCUT2D eigenvalue weighted by molar-refractivity contribution is 6.20. The van der Waals surface area contributed by atoms with E-state index in [2.05, 4.69) is 5.32 Å². The predicted molar refractivity (Wildman–Crippen MR) is 65.3 cm³/mol. The van der Waals surface area contributed by atoms with Gasteiger partial charge in [-0.05, 0) is 31.5 Å². The molecule has 0 fully saturated rings. The van der Waals surface area contributed by atoms with Gasteiger partial charge in [-0.3, -0.25) is 4.79 Å². The zero-order chi connectivity index (χ0) is 12.0. The number of alkyl halides is 1. The number of methoxy groups -OCH3 is 1. The number of nitrogens with one attached hydrogen (secondary N) is 1. The summed E-state index contributed by atoms with van der Waals surface area (Å²) in [6.45, 7) is 2.49. The van der Waals surface area contributed by atoms with E-state index >= 15 is 0 Å². The van der Waals surface area contributed by atoms with E-state index in [1.54, 1.807) is 31.4 Å². The second kappa shape index (κ2) is 6.38. The van der Waals surface area contributed by atoms with Gasteiger partial charge in [0.05, 0.1) is 7.11 Å². The highest BCUT2D eigenvalue weighted by Crippen LogP contribution is 2.12. The van der Waals surface area contributed by atoms with Crippen molar-refractivity contribution in [2.75, 3.05) is 13.7 Å². The summed E-state index contributed by atoms with van der Waals surface area (Å²) in [7, 11) is 1.58. The summed E-state index contributed by atoms with van der Waals surface area (Å²) in [5.41, 5.74) is 0.599. The lowest BCUT2D eigenvalue weighted by molar-refractivity contribution is 0.0953. The van der Waals surface area contributed by atoms with Gasteiger partial charge in [-0.15, -0.1) is 11.6 Å². The summed E-state index contributed by atoms with van der Waals surface area (Å²) < 4.78 is 5.05. The van der Waals surface area contributed by atoms with E-state index in [9.17, 15) is 4.79 Å². The molecule has 0 aromatic heterocycles. The Labute approximate surface area is 101 Å². The molecule has 16 heavy (non-hydrogen) atoms. The maximum atomic E-state index is 11.7. The fourth-order valence-corrected chi connectivity index (χ4v) is 1.36. The minimum Gasteiger partial charge on any atom is -0.497 e. The molecule has 0 heterocycles. The van der Waals surface area contributed by atoms with Crippen LogP contribution in [-0.2, 0) is 0 Å². The molecule has 0 radical (unpaired) electrons. The molecule has 88 valence electrons. The minimum atomic E-state index is -0.101. The van der Waals surface area contributed by atoms with E-state index in [-0.39, 0.29) is 11.3 Å². The normalized spacial score (nSPS) is 11.9. The second-order valence-electron chi connectivity index (χ2n) is 3.56. The fourth-order valence-electron chi connectivity index (χ4n) is 1.25. The summed E-state index contributed by atoms with van der Waals surface area (Å²) in [5, 5.41) is 2.88. The summed E-state index contributed by atoms with van der Waals surface area (Å²) in [6, 6.07) is 7.05. The van der Waals surface area contributed by atoms with Gasteiger partial charge < -0.3 is 10.1 Å². The molecule has 0 aliphatic heterocycles. The Kier molecular flexibility index (Phi) is 5.12. The first kappa shape index (κ1) is 12.8. The third-order valence-electron chi connectivity index (χ3n) is 2.16. The van der Waals surface area contributed by atoms with Crippen molar-refractivity contribution in [3.63, 3.8) is 0 Å². The van der Waals surface area contributed by atoms with Crippen LogP contribution in [0.15, 0.2) is 24.3 Å². The first-order valence-electron chi connectivity index (χ1n) is 5.20. The lowest BCUT2D eigenvalue weighted by atomic mass is 10.2. The molecular formula is C12H16ClNO2. The molecule has 0 spiro atoms. The Morgan fingerprint density at radius 1 is 1.56 bits per heavy atom. The third-order valence-corrected chi connectivity index (χ3v) is 2.38. The molecule has 0 aliphatic carbocycles. The molecule has 0 saturated heterocycles. The number of ether oxygens (including phenoxy) is 1. The highest BCUT2D eigenvalue weighted by atomic mass is 35.5. The van der Waals surface area contributed by atoms with Crippen LogP contribution >= 0.6 is 11.6 Å². The topological polar surface area (TPSA) is 38.3 Å². The standard InChI is InChI=1S/C12H16ClNO2/c1-9(13)6-7-14-12(15)10-4-3-5-11(8-10)16-2/h3-5,8-9H,6-7H2,1-2H3,(H,14,15). The molecule has 0 saturated carbocycles. The number of amides is 1. The molecule has 1 unspecified atom stereocenters. The summed E-state index contributed by atoms with van der Waals surface area (Å²) in [4.78, 5) is 11.7. The molecule has 0 bridgehead atoms. The van der Waals surface area contributed by atoms with Crippen molar-refractivity contribution in [1.82, 2.24) is 5.32 Å². The molecule has 1 N–H and O–H groups in total. The van der Waals surface area contributed by atoms with Crippen LogP contribution in [0.1, 0.15) is 23.7 Å². The number of rotatable bonds is 5. The number of halogens is 1. The van der Waals surface area contributed by atoms with Crippen LogP contribution < -0.4 is 10.1 Å². The molecule has 4 heteroatoms. The van der Waals surface area contributed by atoms with E-state index in [1.807, 2.05) is 6.92 Å². The average molecular weight is 242 g/mol. The van der Waals surface area contributed by atoms with Gasteiger partial charge in [0, 0.05) is 17.5 Å². The van der Waals surface area contributed by atoms with Crippen molar-refractivity contribution in [1.29, 1.82) is 0 Å². The van der Waals surface area contributed by atoms with Crippen molar-refractivity contribution in [3.8, 4) is 5.75 Å². The van der Waals surface area contributed by atoms with Crippen molar-refractivity contribution >= 4 is 17.5 Å². The Balaban J connectivity index is 2.52. The van der Waals surface area contributed by atoms with Crippen LogP contribution in [0, 0.1) is 0 Å². The molecule has 1 amide bonds. The zero-order valence-electron chi connectivity index (χ0n) is 9.50. The van der Waals surface area contributed by atoms with Gasteiger partial charge in [0.1, 0.15) is 5.75 Å². The third kappa shape index (κ3) is 4.11. The Hall–Kier alpha value is -1.22. The summed E-state index contributed by atoms with van der Waals surface area (Å²) >= 11 is 5.78. The van der Waals surface area contributed by atoms with E-state index in [1.165, 1.54) is 0 Å². The molecule has 3 nitrogen and oxygen atoms in total. The van der Waals surface area contributed by atoms with Crippen LogP contribution in [0.4, 0.5) is 0 Å². The van der Waals surface area contributed by atoms with Crippen molar-refractivity contribution in [3.05, 3.63) is 29.8 Å². The van der Waals surface area contributed by atoms with Gasteiger partial charge in [-0.25, -0.2) is 0 Å². The average Bonchev–Trinajstić information content (AvgIpc) is 2.28. The molecule has 1 aromatic carbocycles. The smallest absolute Gasteiger partial charge is 0.251 e. The van der Waals surface area contributed by atoms with Crippen molar-refractivity contribution in [2.45, 2.75) is 18.7 Å². The quantitative estimate of drug-likeness (QED) is 0.805. The van der Waals surface area contributed by atoms with Crippen LogP contribution in [0.2, 0.25) is 0 Å². The SMILES string of the molecule is COc1cccc(C(=O)NCCC(C)Cl)c1. The van der Waals surface area contributed by atoms with E-state index < -0.39 is 0 Å². The second-order valence-corrected chi connectivity index (χ2v) is 4.30. The maximum absolute atomic E-state index is 11.7. The monoisotopic (exact) mass is 241 g/mol. The molecule has 0 aliphatic rings. The fraction of sp³-hybridized carbons (Fsp3) is 0.417. The number of benzene rings is 1. The number of carbonyl (C=O) groups excluding carboxylic acids is 1. The summed E-state index contributed by atoms with van der Waals surface area (Å²) in [5.74, 6) is 0.578. The van der Waals surface area contributed by atoms with Crippen LogP contribution in [0.25, 0.3) is 0 Å². The lowest BCUT2D eigenvalue weighted by Gasteiger charge is -2.07. The number of carbonyl (C=O) groups is 1. The van der Waals surface area contributed by atoms with Gasteiger partial charge in [-0.2, -0.15) is 0 Å². The molecule has 1 aromatic rings. The molecule has 1 rings (SSSR count). The van der Waals surface area contributed by atoms with E-state index in [4.69, 9.17) is 16.3 Å². The predicted octanol–water partition coefficient (Wildman–Crippen LogP) is 2.44. The Morgan fingerprint density at radius 3 is 2.94 bits per heavy atom. The van der Waals surface area contributed by atoms with Gasteiger partial charge >= 0.3 is 0 Å². The van der Waals surface area contributed by atoms with E-state index in [0.717, 1.165) is 6.42 Å². The van der Waals surface area contributed by atoms with E-state index in [0.29, 0.717) is 17.9 Å². The number of hydrogen-bond acceptors (Lipinski definition) is 2. The van der Waals surface area contributed by atoms with Crippen molar-refractivity contribution < 1.29 is 9.53 Å². The lowest BCUT2D eigenvalue weighted by Crippen LogP contribution is -2.25. The maximum Gasteiger partial charge on any atom is 0.251 e. The Bertz CT molecular complexity index is 353. The Morgan fingerprint density at radius 2 is 2.31 bits per heavy atom. The number of hydrogen-bond donors (Lipinski definition) is 1. The molecule has 1 atom stereocenters. The first-order chi connectivity index (χ1) is 7.63. The summed E-state index contributed by atoms with van der Waals surface area (Å²) in [6.07, 6.45) is 0.761. The van der Waals surface area contributed by atoms with Crippen LogP contribution in [-0.4, -0.2) is 24.9 Å². The zero-order valence-corrected chi connectivity index (χ0v) is 10.3. The van der Waals surface area contributed by atoms with Gasteiger partial charge in [0.15, 0.2) is 0 Å². The van der Waals surface area contributed by atoms with Crippen LogP contribution in [0.3, 0.4) is 0 Å². The molecular weight excluding hydrogens is 226 g/mol. The largest absolute Gasteiger partial charge is 0.497 e.